The van der Waals surface area contributed by atoms with Crippen molar-refractivity contribution in [1.29, 1.82) is 0 Å². The fourth-order valence-electron chi connectivity index (χ4n) is 1.63. The van der Waals surface area contributed by atoms with Gasteiger partial charge in [0.15, 0.2) is 0 Å². The highest BCUT2D eigenvalue weighted by molar-refractivity contribution is 9.11. The fourth-order valence-corrected chi connectivity index (χ4v) is 4.08. The first-order valence-electron chi connectivity index (χ1n) is 5.93. The van der Waals surface area contributed by atoms with Crippen molar-refractivity contribution in [2.24, 2.45) is 0 Å². The van der Waals surface area contributed by atoms with Gasteiger partial charge in [-0.2, -0.15) is 0 Å². The van der Waals surface area contributed by atoms with E-state index in [0.29, 0.717) is 0 Å². The van der Waals surface area contributed by atoms with Gasteiger partial charge in [-0.15, -0.1) is 11.3 Å². The lowest BCUT2D eigenvalue weighted by Gasteiger charge is -2.10. The number of benzene rings is 1. The van der Waals surface area contributed by atoms with Crippen LogP contribution in [0.15, 0.2) is 34.1 Å². The monoisotopic (exact) mass is 422 g/mol. The third-order valence-corrected chi connectivity index (χ3v) is 6.40. The molecule has 0 N–H and O–H groups in total. The van der Waals surface area contributed by atoms with Gasteiger partial charge in [-0.3, -0.25) is 0 Å². The maximum Gasteiger partial charge on any atom is 0.119 e. The second-order valence-electron chi connectivity index (χ2n) is 4.05. The van der Waals surface area contributed by atoms with E-state index in [2.05, 4.69) is 50.9 Å². The lowest BCUT2D eigenvalue weighted by atomic mass is 10.1. The lowest BCUT2D eigenvalue weighted by molar-refractivity contribution is 0.317. The van der Waals surface area contributed by atoms with Gasteiger partial charge >= 0.3 is 0 Å². The molecule has 0 aliphatic rings. The Hall–Kier alpha value is -0.0300. The average molecular weight is 425 g/mol. The number of ether oxygens (including phenoxy) is 1. The molecule has 0 saturated heterocycles. The fraction of sp³-hybridized carbons (Fsp3) is 0.286. The standard InChI is InChI=1S/C14H13Br2ClOS/c1-2-6-18-10-5-3-4-9(7-10)13(15)12-8-11(17)14(16)19-12/h3-5,7-8,13H,2,6H2,1H3. The molecular formula is C14H13Br2ClOS. The van der Waals surface area contributed by atoms with Crippen LogP contribution in [0.1, 0.15) is 28.6 Å². The van der Waals surface area contributed by atoms with E-state index in [-0.39, 0.29) is 4.83 Å². The Labute approximate surface area is 139 Å². The van der Waals surface area contributed by atoms with Crippen molar-refractivity contribution >= 4 is 54.8 Å². The van der Waals surface area contributed by atoms with Crippen molar-refractivity contribution in [1.82, 2.24) is 0 Å². The van der Waals surface area contributed by atoms with Crippen molar-refractivity contribution in [2.45, 2.75) is 18.2 Å². The first-order chi connectivity index (χ1) is 9.11. The first kappa shape index (κ1) is 15.4. The number of alkyl halides is 1. The molecule has 1 aromatic carbocycles. The molecule has 0 radical (unpaired) electrons. The highest BCUT2D eigenvalue weighted by Gasteiger charge is 2.15. The predicted octanol–water partition coefficient (Wildman–Crippen LogP) is 6.44. The minimum atomic E-state index is 0.131. The molecule has 1 nitrogen and oxygen atoms in total. The molecule has 1 heterocycles. The normalized spacial score (nSPS) is 12.4. The molecule has 1 unspecified atom stereocenters. The summed E-state index contributed by atoms with van der Waals surface area (Å²) in [5, 5.41) is 0.753. The molecule has 19 heavy (non-hydrogen) atoms. The van der Waals surface area contributed by atoms with E-state index in [1.807, 2.05) is 18.2 Å². The second-order valence-corrected chi connectivity index (χ2v) is 7.78. The number of rotatable bonds is 5. The molecule has 5 heteroatoms. The smallest absolute Gasteiger partial charge is 0.119 e. The Kier molecular flexibility index (Phi) is 5.75. The number of halogens is 3. The van der Waals surface area contributed by atoms with E-state index >= 15 is 0 Å². The van der Waals surface area contributed by atoms with E-state index in [1.54, 1.807) is 11.3 Å². The van der Waals surface area contributed by atoms with E-state index in [9.17, 15) is 0 Å². The van der Waals surface area contributed by atoms with Crippen LogP contribution in [0, 0.1) is 0 Å². The molecule has 0 bridgehead atoms. The Balaban J connectivity index is 2.20. The van der Waals surface area contributed by atoms with Gasteiger partial charge in [0.25, 0.3) is 0 Å². The zero-order valence-corrected chi connectivity index (χ0v) is 15.1. The summed E-state index contributed by atoms with van der Waals surface area (Å²) < 4.78 is 6.62. The van der Waals surface area contributed by atoms with Crippen molar-refractivity contribution in [3.05, 3.63) is 49.6 Å². The van der Waals surface area contributed by atoms with E-state index in [0.717, 1.165) is 27.6 Å². The quantitative estimate of drug-likeness (QED) is 0.502. The number of hydrogen-bond acceptors (Lipinski definition) is 2. The maximum atomic E-state index is 6.08. The first-order valence-corrected chi connectivity index (χ1v) is 8.83. The summed E-state index contributed by atoms with van der Waals surface area (Å²) in [6, 6.07) is 10.1. The van der Waals surface area contributed by atoms with Gasteiger partial charge in [0.1, 0.15) is 5.75 Å². The summed E-state index contributed by atoms with van der Waals surface area (Å²) in [4.78, 5) is 1.30. The zero-order valence-electron chi connectivity index (χ0n) is 10.3. The molecule has 0 amide bonds. The van der Waals surface area contributed by atoms with Gasteiger partial charge in [0.2, 0.25) is 0 Å². The van der Waals surface area contributed by atoms with Gasteiger partial charge < -0.3 is 4.74 Å². The molecule has 0 aliphatic carbocycles. The average Bonchev–Trinajstić information content (AvgIpc) is 2.76. The topological polar surface area (TPSA) is 9.23 Å². The van der Waals surface area contributed by atoms with Crippen molar-refractivity contribution in [3.63, 3.8) is 0 Å². The van der Waals surface area contributed by atoms with Gasteiger partial charge in [-0.05, 0) is 46.1 Å². The second kappa shape index (κ2) is 7.11. The largest absolute Gasteiger partial charge is 0.494 e. The zero-order chi connectivity index (χ0) is 13.8. The molecule has 2 rings (SSSR count). The molecule has 1 atom stereocenters. The van der Waals surface area contributed by atoms with Crippen LogP contribution < -0.4 is 4.74 Å². The minimum absolute atomic E-state index is 0.131. The van der Waals surface area contributed by atoms with E-state index in [4.69, 9.17) is 16.3 Å². The van der Waals surface area contributed by atoms with Crippen molar-refractivity contribution in [3.8, 4) is 5.75 Å². The van der Waals surface area contributed by atoms with E-state index < -0.39 is 0 Å². The Morgan fingerprint density at radius 3 is 2.79 bits per heavy atom. The predicted molar refractivity (Wildman–Crippen MR) is 90.0 cm³/mol. The third kappa shape index (κ3) is 3.97. The SMILES string of the molecule is CCCOc1cccc(C(Br)c2cc(Cl)c(Br)s2)c1. The van der Waals surface area contributed by atoms with Crippen LogP contribution in [0.4, 0.5) is 0 Å². The van der Waals surface area contributed by atoms with Crippen molar-refractivity contribution in [2.75, 3.05) is 6.61 Å². The number of thiophene rings is 1. The van der Waals surface area contributed by atoms with Crippen LogP contribution in [0.25, 0.3) is 0 Å². The van der Waals surface area contributed by atoms with Crippen LogP contribution in [0.3, 0.4) is 0 Å². The molecule has 0 fully saturated rings. The summed E-state index contributed by atoms with van der Waals surface area (Å²) in [6.45, 7) is 2.84. The van der Waals surface area contributed by atoms with Crippen LogP contribution >= 0.6 is 54.8 Å². The van der Waals surface area contributed by atoms with E-state index in [1.165, 1.54) is 10.4 Å². The lowest BCUT2D eigenvalue weighted by Crippen LogP contribution is -1.96. The summed E-state index contributed by atoms with van der Waals surface area (Å²) >= 11 is 14.9. The Morgan fingerprint density at radius 2 is 2.16 bits per heavy atom. The highest BCUT2D eigenvalue weighted by Crippen LogP contribution is 2.41. The van der Waals surface area contributed by atoms with Gasteiger partial charge in [0, 0.05) is 4.88 Å². The summed E-state index contributed by atoms with van der Waals surface area (Å²) in [6.07, 6.45) is 1.01. The van der Waals surface area contributed by atoms with Gasteiger partial charge in [0.05, 0.1) is 20.2 Å². The van der Waals surface area contributed by atoms with Gasteiger partial charge in [-0.1, -0.05) is 46.6 Å². The van der Waals surface area contributed by atoms with Crippen LogP contribution in [-0.4, -0.2) is 6.61 Å². The molecule has 0 aliphatic heterocycles. The molecule has 0 spiro atoms. The highest BCUT2D eigenvalue weighted by atomic mass is 79.9. The Morgan fingerprint density at radius 1 is 1.37 bits per heavy atom. The van der Waals surface area contributed by atoms with Crippen molar-refractivity contribution < 1.29 is 4.74 Å². The minimum Gasteiger partial charge on any atom is -0.494 e. The molecule has 1 aromatic heterocycles. The summed E-state index contributed by atoms with van der Waals surface area (Å²) in [7, 11) is 0. The molecule has 102 valence electrons. The van der Waals surface area contributed by atoms with Crippen LogP contribution in [-0.2, 0) is 0 Å². The molecule has 2 aromatic rings. The molecular weight excluding hydrogens is 411 g/mol. The summed E-state index contributed by atoms with van der Waals surface area (Å²) in [5.74, 6) is 0.908. The summed E-state index contributed by atoms with van der Waals surface area (Å²) in [5.41, 5.74) is 1.17. The third-order valence-electron chi connectivity index (χ3n) is 2.54. The Bertz CT molecular complexity index is 537. The number of hydrogen-bond donors (Lipinski definition) is 0. The maximum absolute atomic E-state index is 6.08. The van der Waals surface area contributed by atoms with Crippen LogP contribution in [0.2, 0.25) is 5.02 Å². The van der Waals surface area contributed by atoms with Gasteiger partial charge in [-0.25, -0.2) is 0 Å². The van der Waals surface area contributed by atoms with Crippen LogP contribution in [0.5, 0.6) is 5.75 Å². The molecule has 0 saturated carbocycles.